The number of rotatable bonds is 1. The molecule has 1 amide bonds. The van der Waals surface area contributed by atoms with Gasteiger partial charge in [-0.1, -0.05) is 18.2 Å². The molecule has 0 fully saturated rings. The number of anilines is 1. The molecule has 4 heteroatoms. The van der Waals surface area contributed by atoms with Crippen molar-refractivity contribution in [2.24, 2.45) is 0 Å². The summed E-state index contributed by atoms with van der Waals surface area (Å²) in [7, 11) is 0. The number of fused-ring (bicyclic) bond motifs is 2. The van der Waals surface area contributed by atoms with Gasteiger partial charge >= 0.3 is 0 Å². The molecular formula is C16H14N2O2. The van der Waals surface area contributed by atoms with E-state index in [2.05, 4.69) is 18.0 Å². The van der Waals surface area contributed by atoms with Crippen molar-refractivity contribution in [2.75, 3.05) is 4.90 Å². The Hall–Kier alpha value is -2.49. The summed E-state index contributed by atoms with van der Waals surface area (Å²) in [5.74, 6) is -0.00569. The van der Waals surface area contributed by atoms with Gasteiger partial charge in [0.05, 0.1) is 11.8 Å². The number of carbonyl (C=O) groups excluding carboxylic acids is 1. The number of nitrogens with zero attached hydrogens (tertiary/aromatic N) is 1. The van der Waals surface area contributed by atoms with Gasteiger partial charge in [-0.25, -0.2) is 0 Å². The monoisotopic (exact) mass is 266 g/mol. The quantitative estimate of drug-likeness (QED) is 0.734. The number of benzene rings is 1. The number of aromatic amines is 1. The Balaban J connectivity index is 1.77. The molecule has 0 spiro atoms. The zero-order chi connectivity index (χ0) is 13.7. The third kappa shape index (κ3) is 1.51. The van der Waals surface area contributed by atoms with Gasteiger partial charge in [-0.05, 0) is 25.0 Å². The number of para-hydroxylation sites is 1. The van der Waals surface area contributed by atoms with Gasteiger partial charge in [0.2, 0.25) is 0 Å². The molecule has 100 valence electrons. The predicted octanol–water partition coefficient (Wildman–Crippen LogP) is 3.35. The lowest BCUT2D eigenvalue weighted by Crippen LogP contribution is -2.35. The van der Waals surface area contributed by atoms with Crippen molar-refractivity contribution in [2.45, 2.75) is 19.4 Å². The minimum Gasteiger partial charge on any atom is -0.463 e. The van der Waals surface area contributed by atoms with Crippen LogP contribution in [-0.2, 0) is 6.42 Å². The highest BCUT2D eigenvalue weighted by molar-refractivity contribution is 6.08. The highest BCUT2D eigenvalue weighted by atomic mass is 16.3. The highest BCUT2D eigenvalue weighted by Crippen LogP contribution is 2.33. The average molecular weight is 266 g/mol. The van der Waals surface area contributed by atoms with Gasteiger partial charge < -0.3 is 14.3 Å². The number of carbonyl (C=O) groups is 1. The average Bonchev–Trinajstić information content (AvgIpc) is 3.08. The topological polar surface area (TPSA) is 49.2 Å². The molecule has 0 aliphatic carbocycles. The largest absolute Gasteiger partial charge is 0.463 e. The fourth-order valence-electron chi connectivity index (χ4n) is 2.97. The normalized spacial score (nSPS) is 17.6. The Morgan fingerprint density at radius 3 is 3.05 bits per heavy atom. The summed E-state index contributed by atoms with van der Waals surface area (Å²) in [5, 5.41) is 0. The fourth-order valence-corrected chi connectivity index (χ4v) is 2.97. The number of hydrogen-bond acceptors (Lipinski definition) is 2. The molecule has 1 aliphatic heterocycles. The SMILES string of the molecule is CC1Cc2ccccc2N1C(=O)c1cc2occc2[nH]1. The number of nitrogens with one attached hydrogen (secondary N) is 1. The molecule has 0 saturated carbocycles. The molecule has 1 aromatic carbocycles. The van der Waals surface area contributed by atoms with Crippen LogP contribution < -0.4 is 4.90 Å². The van der Waals surface area contributed by atoms with Crippen molar-refractivity contribution < 1.29 is 9.21 Å². The van der Waals surface area contributed by atoms with E-state index in [4.69, 9.17) is 4.42 Å². The van der Waals surface area contributed by atoms with E-state index in [-0.39, 0.29) is 11.9 Å². The molecule has 2 aromatic heterocycles. The van der Waals surface area contributed by atoms with Crippen molar-refractivity contribution in [3.63, 3.8) is 0 Å². The van der Waals surface area contributed by atoms with Gasteiger partial charge in [0.25, 0.3) is 5.91 Å². The summed E-state index contributed by atoms with van der Waals surface area (Å²) in [6.07, 6.45) is 2.52. The van der Waals surface area contributed by atoms with Crippen LogP contribution in [0.5, 0.6) is 0 Å². The molecule has 0 bridgehead atoms. The van der Waals surface area contributed by atoms with E-state index >= 15 is 0 Å². The molecule has 1 unspecified atom stereocenters. The van der Waals surface area contributed by atoms with Crippen LogP contribution in [-0.4, -0.2) is 16.9 Å². The molecular weight excluding hydrogens is 252 g/mol. The lowest BCUT2D eigenvalue weighted by Gasteiger charge is -2.21. The summed E-state index contributed by atoms with van der Waals surface area (Å²) in [6, 6.07) is 11.8. The fraction of sp³-hybridized carbons (Fsp3) is 0.188. The van der Waals surface area contributed by atoms with E-state index in [1.54, 1.807) is 12.3 Å². The second-order valence-electron chi connectivity index (χ2n) is 5.24. The highest BCUT2D eigenvalue weighted by Gasteiger charge is 2.32. The Labute approximate surface area is 116 Å². The minimum atomic E-state index is -0.00569. The molecule has 0 saturated heterocycles. The molecule has 20 heavy (non-hydrogen) atoms. The van der Waals surface area contributed by atoms with Crippen LogP contribution in [0.3, 0.4) is 0 Å². The van der Waals surface area contributed by atoms with E-state index in [0.29, 0.717) is 11.3 Å². The maximum atomic E-state index is 12.7. The molecule has 1 atom stereocenters. The summed E-state index contributed by atoms with van der Waals surface area (Å²) < 4.78 is 5.31. The van der Waals surface area contributed by atoms with Gasteiger partial charge in [-0.3, -0.25) is 4.79 Å². The predicted molar refractivity (Wildman–Crippen MR) is 77.0 cm³/mol. The van der Waals surface area contributed by atoms with Crippen molar-refractivity contribution in [1.29, 1.82) is 0 Å². The molecule has 3 heterocycles. The first kappa shape index (κ1) is 11.3. The van der Waals surface area contributed by atoms with E-state index < -0.39 is 0 Å². The standard InChI is InChI=1S/C16H14N2O2/c1-10-8-11-4-2-3-5-14(11)18(10)16(19)13-9-15-12(17-13)6-7-20-15/h2-7,9-10,17H,8H2,1H3. The van der Waals surface area contributed by atoms with Gasteiger partial charge in [-0.2, -0.15) is 0 Å². The lowest BCUT2D eigenvalue weighted by atomic mass is 10.1. The number of H-pyrrole nitrogens is 1. The number of furan rings is 1. The Kier molecular flexibility index (Phi) is 2.27. The summed E-state index contributed by atoms with van der Waals surface area (Å²) in [5.41, 5.74) is 4.38. The van der Waals surface area contributed by atoms with Gasteiger partial charge in [-0.15, -0.1) is 0 Å². The van der Waals surface area contributed by atoms with Gasteiger partial charge in [0, 0.05) is 23.9 Å². The van der Waals surface area contributed by atoms with Crippen LogP contribution >= 0.6 is 0 Å². The van der Waals surface area contributed by atoms with Crippen LogP contribution in [0, 0.1) is 0 Å². The van der Waals surface area contributed by atoms with Crippen molar-refractivity contribution in [1.82, 2.24) is 4.98 Å². The second kappa shape index (κ2) is 4.00. The third-order valence-corrected chi connectivity index (χ3v) is 3.90. The van der Waals surface area contributed by atoms with Crippen LogP contribution in [0.1, 0.15) is 23.0 Å². The van der Waals surface area contributed by atoms with Crippen LogP contribution in [0.2, 0.25) is 0 Å². The van der Waals surface area contributed by atoms with E-state index in [9.17, 15) is 4.79 Å². The third-order valence-electron chi connectivity index (χ3n) is 3.90. The minimum absolute atomic E-state index is 0.00569. The van der Waals surface area contributed by atoms with E-state index in [1.807, 2.05) is 29.2 Å². The van der Waals surface area contributed by atoms with E-state index in [1.165, 1.54) is 5.56 Å². The summed E-state index contributed by atoms with van der Waals surface area (Å²) in [6.45, 7) is 2.07. The first-order chi connectivity index (χ1) is 9.74. The van der Waals surface area contributed by atoms with Gasteiger partial charge in [0.1, 0.15) is 5.69 Å². The van der Waals surface area contributed by atoms with Crippen molar-refractivity contribution in [3.05, 3.63) is 53.9 Å². The van der Waals surface area contributed by atoms with E-state index in [0.717, 1.165) is 17.6 Å². The van der Waals surface area contributed by atoms with Gasteiger partial charge in [0.15, 0.2) is 5.58 Å². The maximum absolute atomic E-state index is 12.7. The Bertz CT molecular complexity index is 771. The molecule has 0 radical (unpaired) electrons. The second-order valence-corrected chi connectivity index (χ2v) is 5.24. The Morgan fingerprint density at radius 1 is 1.35 bits per heavy atom. The molecule has 1 N–H and O–H groups in total. The molecule has 3 aromatic rings. The van der Waals surface area contributed by atoms with Crippen LogP contribution in [0.25, 0.3) is 11.1 Å². The zero-order valence-electron chi connectivity index (χ0n) is 11.1. The zero-order valence-corrected chi connectivity index (χ0v) is 11.1. The molecule has 4 rings (SSSR count). The first-order valence-electron chi connectivity index (χ1n) is 6.72. The Morgan fingerprint density at radius 2 is 2.20 bits per heavy atom. The number of aromatic nitrogens is 1. The van der Waals surface area contributed by atoms with Crippen molar-refractivity contribution >= 4 is 22.7 Å². The molecule has 4 nitrogen and oxygen atoms in total. The van der Waals surface area contributed by atoms with Crippen molar-refractivity contribution in [3.8, 4) is 0 Å². The molecule has 1 aliphatic rings. The summed E-state index contributed by atoms with van der Waals surface area (Å²) >= 11 is 0. The number of amides is 1. The lowest BCUT2D eigenvalue weighted by molar-refractivity contribution is 0.0977. The first-order valence-corrected chi connectivity index (χ1v) is 6.72. The van der Waals surface area contributed by atoms with Crippen LogP contribution in [0.4, 0.5) is 5.69 Å². The smallest absolute Gasteiger partial charge is 0.275 e. The number of hydrogen-bond donors (Lipinski definition) is 1. The van der Waals surface area contributed by atoms with Crippen LogP contribution in [0.15, 0.2) is 47.1 Å². The maximum Gasteiger partial charge on any atom is 0.275 e. The summed E-state index contributed by atoms with van der Waals surface area (Å²) in [4.78, 5) is 17.7.